The molecule has 224 valence electrons. The molecular formula is C28H26N4O9S2. The second kappa shape index (κ2) is 12.8. The number of amides is 1. The summed E-state index contributed by atoms with van der Waals surface area (Å²) >= 11 is 0. The third-order valence-electron chi connectivity index (χ3n) is 6.05. The number of ether oxygens (including phenoxy) is 2. The Balaban J connectivity index is 1.56. The van der Waals surface area contributed by atoms with Crippen molar-refractivity contribution in [2.45, 2.75) is 9.79 Å². The first-order chi connectivity index (χ1) is 20.4. The summed E-state index contributed by atoms with van der Waals surface area (Å²) in [7, 11) is -5.55. The third kappa shape index (κ3) is 7.20. The Hall–Kier alpha value is -5.15. The van der Waals surface area contributed by atoms with Gasteiger partial charge in [-0.15, -0.1) is 0 Å². The first-order valence-electron chi connectivity index (χ1n) is 12.4. The number of rotatable bonds is 12. The summed E-state index contributed by atoms with van der Waals surface area (Å²) in [5, 5.41) is 13.9. The molecule has 0 unspecified atom stereocenters. The van der Waals surface area contributed by atoms with E-state index < -0.39 is 37.4 Å². The van der Waals surface area contributed by atoms with Crippen LogP contribution in [0.4, 0.5) is 22.7 Å². The lowest BCUT2D eigenvalue weighted by atomic mass is 10.3. The molecule has 4 aromatic rings. The largest absolute Gasteiger partial charge is 0.497 e. The van der Waals surface area contributed by atoms with E-state index in [4.69, 9.17) is 9.47 Å². The Bertz CT molecular complexity index is 1850. The predicted molar refractivity (Wildman–Crippen MR) is 159 cm³/mol. The molecule has 1 amide bonds. The number of nitrogens with zero attached hydrogens (tertiary/aromatic N) is 2. The summed E-state index contributed by atoms with van der Waals surface area (Å²) in [6.45, 7) is -0.727. The van der Waals surface area contributed by atoms with Gasteiger partial charge in [-0.3, -0.25) is 23.9 Å². The number of hydrogen-bond donors (Lipinski definition) is 2. The molecule has 0 atom stereocenters. The molecule has 0 aliphatic rings. The molecule has 0 aliphatic carbocycles. The van der Waals surface area contributed by atoms with Crippen molar-refractivity contribution in [3.05, 3.63) is 107 Å². The van der Waals surface area contributed by atoms with E-state index in [-0.39, 0.29) is 38.3 Å². The molecule has 0 radical (unpaired) electrons. The number of carbonyl (C=O) groups excluding carboxylic acids is 1. The molecule has 0 fully saturated rings. The zero-order valence-corrected chi connectivity index (χ0v) is 24.5. The normalized spacial score (nSPS) is 11.3. The zero-order valence-electron chi connectivity index (χ0n) is 22.8. The minimum absolute atomic E-state index is 0.0892. The van der Waals surface area contributed by atoms with Gasteiger partial charge in [0.25, 0.3) is 25.7 Å². The van der Waals surface area contributed by atoms with Crippen LogP contribution >= 0.6 is 0 Å². The molecule has 0 heterocycles. The fourth-order valence-corrected chi connectivity index (χ4v) is 6.44. The molecule has 4 rings (SSSR count). The summed E-state index contributed by atoms with van der Waals surface area (Å²) in [4.78, 5) is 23.4. The van der Waals surface area contributed by atoms with Crippen LogP contribution < -0.4 is 23.8 Å². The van der Waals surface area contributed by atoms with Crippen molar-refractivity contribution in [2.75, 3.05) is 35.1 Å². The van der Waals surface area contributed by atoms with Gasteiger partial charge in [0, 0.05) is 23.9 Å². The Morgan fingerprint density at radius 1 is 0.837 bits per heavy atom. The molecule has 43 heavy (non-hydrogen) atoms. The average molecular weight is 627 g/mol. The molecule has 0 bridgehead atoms. The topological polar surface area (TPSA) is 174 Å². The van der Waals surface area contributed by atoms with Crippen LogP contribution in [0.15, 0.2) is 107 Å². The number of carbonyl (C=O) groups is 1. The van der Waals surface area contributed by atoms with Crippen molar-refractivity contribution in [1.29, 1.82) is 0 Å². The molecule has 0 aliphatic heterocycles. The maximum atomic E-state index is 13.5. The highest BCUT2D eigenvalue weighted by Gasteiger charge is 2.28. The average Bonchev–Trinajstić information content (AvgIpc) is 3.00. The fraction of sp³-hybridized carbons (Fsp3) is 0.107. The van der Waals surface area contributed by atoms with E-state index in [0.717, 1.165) is 10.4 Å². The van der Waals surface area contributed by atoms with E-state index >= 15 is 0 Å². The summed E-state index contributed by atoms with van der Waals surface area (Å²) < 4.78 is 66.5. The first-order valence-corrected chi connectivity index (χ1v) is 15.3. The van der Waals surface area contributed by atoms with Crippen molar-refractivity contribution >= 4 is 48.7 Å². The van der Waals surface area contributed by atoms with Gasteiger partial charge in [0.05, 0.1) is 40.3 Å². The molecule has 0 aromatic heterocycles. The van der Waals surface area contributed by atoms with Crippen molar-refractivity contribution in [3.63, 3.8) is 0 Å². The molecule has 0 saturated carbocycles. The molecule has 0 spiro atoms. The quantitative estimate of drug-likeness (QED) is 0.172. The molecular weight excluding hydrogens is 600 g/mol. The van der Waals surface area contributed by atoms with Crippen LogP contribution in [0.2, 0.25) is 0 Å². The number of hydrogen-bond acceptors (Lipinski definition) is 9. The van der Waals surface area contributed by atoms with Gasteiger partial charge in [-0.05, 0) is 54.6 Å². The maximum absolute atomic E-state index is 13.5. The number of nitrogens with one attached hydrogen (secondary N) is 2. The van der Waals surface area contributed by atoms with E-state index in [2.05, 4.69) is 10.0 Å². The first kappa shape index (κ1) is 30.8. The highest BCUT2D eigenvalue weighted by Crippen LogP contribution is 2.31. The van der Waals surface area contributed by atoms with Crippen molar-refractivity contribution in [1.82, 2.24) is 0 Å². The number of nitro groups is 1. The number of methoxy groups -OCH3 is 2. The number of anilines is 3. The van der Waals surface area contributed by atoms with Gasteiger partial charge < -0.3 is 14.8 Å². The van der Waals surface area contributed by atoms with Crippen LogP contribution in [0.3, 0.4) is 0 Å². The van der Waals surface area contributed by atoms with E-state index in [1.807, 2.05) is 0 Å². The predicted octanol–water partition coefficient (Wildman–Crippen LogP) is 4.25. The Kier molecular flexibility index (Phi) is 9.16. The van der Waals surface area contributed by atoms with Crippen molar-refractivity contribution in [3.8, 4) is 11.5 Å². The molecule has 15 heteroatoms. The molecule has 0 saturated heterocycles. The number of benzene rings is 4. The molecule has 13 nitrogen and oxygen atoms in total. The minimum Gasteiger partial charge on any atom is -0.497 e. The monoisotopic (exact) mass is 626 g/mol. The lowest BCUT2D eigenvalue weighted by molar-refractivity contribution is -0.384. The van der Waals surface area contributed by atoms with Crippen molar-refractivity contribution in [2.24, 2.45) is 0 Å². The number of nitro benzene ring substituents is 1. The van der Waals surface area contributed by atoms with Gasteiger partial charge in [-0.1, -0.05) is 24.3 Å². The number of sulfonamides is 2. The standard InChI is InChI=1S/C28H26N4O9S2/c1-40-23-13-16-27(41-2)26(18-23)30-42(36,37)24-14-11-20(12-15-24)29-28(33)19-31(21-7-6-8-22(17-21)32(34)35)43(38,39)25-9-4-3-5-10-25/h3-18,30H,19H2,1-2H3,(H,29,33). The minimum atomic E-state index is -4.31. The van der Waals surface area contributed by atoms with E-state index in [1.54, 1.807) is 18.2 Å². The van der Waals surface area contributed by atoms with Crippen LogP contribution in [0.5, 0.6) is 11.5 Å². The van der Waals surface area contributed by atoms with Gasteiger partial charge in [-0.2, -0.15) is 0 Å². The third-order valence-corrected chi connectivity index (χ3v) is 9.22. The van der Waals surface area contributed by atoms with Crippen LogP contribution in [-0.2, 0) is 24.8 Å². The smallest absolute Gasteiger partial charge is 0.271 e. The molecule has 4 aromatic carbocycles. The maximum Gasteiger partial charge on any atom is 0.271 e. The summed E-state index contributed by atoms with van der Waals surface area (Å²) in [6, 6.07) is 22.0. The van der Waals surface area contributed by atoms with Crippen LogP contribution in [-0.4, -0.2) is 48.4 Å². The fourth-order valence-electron chi connectivity index (χ4n) is 3.94. The zero-order chi connectivity index (χ0) is 31.2. The Morgan fingerprint density at radius 3 is 2.16 bits per heavy atom. The van der Waals surface area contributed by atoms with Crippen LogP contribution in [0.25, 0.3) is 0 Å². The highest BCUT2D eigenvalue weighted by atomic mass is 32.2. The van der Waals surface area contributed by atoms with Gasteiger partial charge in [0.15, 0.2) is 0 Å². The second-order valence-electron chi connectivity index (χ2n) is 8.85. The van der Waals surface area contributed by atoms with Crippen molar-refractivity contribution < 1.29 is 36.0 Å². The Morgan fingerprint density at radius 2 is 1.53 bits per heavy atom. The van der Waals surface area contributed by atoms with E-state index in [0.29, 0.717) is 5.75 Å². The van der Waals surface area contributed by atoms with Gasteiger partial charge >= 0.3 is 0 Å². The highest BCUT2D eigenvalue weighted by molar-refractivity contribution is 7.93. The summed E-state index contributed by atoms with van der Waals surface area (Å²) in [5.41, 5.74) is -0.115. The summed E-state index contributed by atoms with van der Waals surface area (Å²) in [6.07, 6.45) is 0. The van der Waals surface area contributed by atoms with Gasteiger partial charge in [0.2, 0.25) is 5.91 Å². The lowest BCUT2D eigenvalue weighted by Gasteiger charge is -2.24. The summed E-state index contributed by atoms with van der Waals surface area (Å²) in [5.74, 6) is -0.0992. The van der Waals surface area contributed by atoms with Gasteiger partial charge in [-0.25, -0.2) is 16.8 Å². The van der Waals surface area contributed by atoms with Gasteiger partial charge in [0.1, 0.15) is 18.0 Å². The van der Waals surface area contributed by atoms with E-state index in [1.165, 1.54) is 87.0 Å². The number of non-ortho nitro benzene ring substituents is 1. The second-order valence-corrected chi connectivity index (χ2v) is 12.4. The van der Waals surface area contributed by atoms with Crippen LogP contribution in [0.1, 0.15) is 0 Å². The van der Waals surface area contributed by atoms with Crippen LogP contribution in [0, 0.1) is 10.1 Å². The lowest BCUT2D eigenvalue weighted by Crippen LogP contribution is -2.38. The van der Waals surface area contributed by atoms with E-state index in [9.17, 15) is 31.7 Å². The Labute approximate surface area is 247 Å². The SMILES string of the molecule is COc1ccc(OC)c(NS(=O)(=O)c2ccc(NC(=O)CN(c3cccc([N+](=O)[O-])c3)S(=O)(=O)c3ccccc3)cc2)c1. The molecule has 2 N–H and O–H groups in total.